The number of anilines is 3. The Labute approximate surface area is 272 Å². The van der Waals surface area contributed by atoms with Gasteiger partial charge in [-0.2, -0.15) is 0 Å². The first-order valence-corrected chi connectivity index (χ1v) is 16.5. The first-order chi connectivity index (χ1) is 22.8. The van der Waals surface area contributed by atoms with Gasteiger partial charge in [-0.1, -0.05) is 127 Å². The van der Waals surface area contributed by atoms with Crippen LogP contribution in [-0.4, -0.2) is 0 Å². The molecule has 8 aromatic carbocycles. The minimum absolute atomic E-state index is 1.13. The van der Waals surface area contributed by atoms with Crippen molar-refractivity contribution in [3.63, 3.8) is 0 Å². The van der Waals surface area contributed by atoms with Crippen LogP contribution in [0.25, 0.3) is 64.0 Å². The van der Waals surface area contributed by atoms with E-state index in [0.717, 1.165) is 11.4 Å². The van der Waals surface area contributed by atoms with Crippen LogP contribution in [0.3, 0.4) is 0 Å². The second-order valence-corrected chi connectivity index (χ2v) is 12.9. The smallest absolute Gasteiger partial charge is 0.0540 e. The van der Waals surface area contributed by atoms with Gasteiger partial charge in [0.25, 0.3) is 0 Å². The molecule has 0 saturated carbocycles. The molecular formula is C44H29NS. The molecule has 0 radical (unpaired) electrons. The molecule has 216 valence electrons. The summed E-state index contributed by atoms with van der Waals surface area (Å²) in [5.41, 5.74) is 8.30. The summed E-state index contributed by atoms with van der Waals surface area (Å²) in [6, 6.07) is 64.0. The normalized spacial score (nSPS) is 11.5. The number of nitrogens with zero attached hydrogens (tertiary/aromatic N) is 1. The molecule has 0 fully saturated rings. The number of thiophene rings is 1. The first-order valence-electron chi connectivity index (χ1n) is 15.7. The molecule has 0 bridgehead atoms. The zero-order valence-electron chi connectivity index (χ0n) is 25.1. The summed E-state index contributed by atoms with van der Waals surface area (Å²) in [5.74, 6) is 0. The minimum atomic E-state index is 1.13. The summed E-state index contributed by atoms with van der Waals surface area (Å²) in [5, 5.41) is 7.58. The predicted molar refractivity (Wildman–Crippen MR) is 200 cm³/mol. The van der Waals surface area contributed by atoms with Gasteiger partial charge in [0, 0.05) is 36.9 Å². The molecule has 0 aliphatic rings. The molecule has 0 amide bonds. The molecule has 0 unspecified atom stereocenters. The van der Waals surface area contributed by atoms with Crippen molar-refractivity contribution in [1.29, 1.82) is 0 Å². The van der Waals surface area contributed by atoms with Crippen LogP contribution in [0.4, 0.5) is 17.1 Å². The maximum Gasteiger partial charge on any atom is 0.0540 e. The lowest BCUT2D eigenvalue weighted by Crippen LogP contribution is -2.10. The number of fused-ring (bicyclic) bond motifs is 5. The zero-order chi connectivity index (χ0) is 30.5. The molecule has 0 aliphatic carbocycles. The van der Waals surface area contributed by atoms with Crippen LogP contribution < -0.4 is 4.90 Å². The van der Waals surface area contributed by atoms with E-state index in [9.17, 15) is 0 Å². The van der Waals surface area contributed by atoms with Gasteiger partial charge in [0.15, 0.2) is 0 Å². The second kappa shape index (κ2) is 11.0. The Morgan fingerprint density at radius 3 is 1.80 bits per heavy atom. The summed E-state index contributed by atoms with van der Waals surface area (Å²) in [6.07, 6.45) is 0. The van der Waals surface area contributed by atoms with Gasteiger partial charge in [0.1, 0.15) is 0 Å². The molecule has 0 saturated heterocycles. The second-order valence-electron chi connectivity index (χ2n) is 11.8. The fraction of sp³-hybridized carbons (Fsp3) is 0. The largest absolute Gasteiger partial charge is 0.310 e. The van der Waals surface area contributed by atoms with Gasteiger partial charge in [-0.3, -0.25) is 0 Å². The minimum Gasteiger partial charge on any atom is -0.310 e. The van der Waals surface area contributed by atoms with Crippen LogP contribution >= 0.6 is 11.3 Å². The van der Waals surface area contributed by atoms with Crippen molar-refractivity contribution in [2.75, 3.05) is 4.90 Å². The van der Waals surface area contributed by atoms with Crippen LogP contribution in [0.5, 0.6) is 0 Å². The SMILES string of the molecule is c1cc(-c2cccc(N(c3ccc4sc5ccccc5c4c3)c3cccc4ccccc34)c2)cc(-c2cccc3ccccc23)c1. The van der Waals surface area contributed by atoms with Crippen LogP contribution in [0.15, 0.2) is 176 Å². The molecule has 9 rings (SSSR count). The summed E-state index contributed by atoms with van der Waals surface area (Å²) in [6.45, 7) is 0. The van der Waals surface area contributed by atoms with E-state index in [1.807, 2.05) is 11.3 Å². The van der Waals surface area contributed by atoms with Gasteiger partial charge in [0.2, 0.25) is 0 Å². The van der Waals surface area contributed by atoms with Gasteiger partial charge in [0.05, 0.1) is 5.69 Å². The standard InChI is InChI=1S/C44H29NS/c1-3-19-37-30(11-1)13-9-22-38(37)34-17-7-15-32(27-34)33-16-8-18-35(28-33)45(42-23-10-14-31-12-2-4-20-39(31)42)36-25-26-44-41(29-36)40-21-5-6-24-43(40)46-44/h1-29H. The van der Waals surface area contributed by atoms with Crippen molar-refractivity contribution in [3.05, 3.63) is 176 Å². The van der Waals surface area contributed by atoms with Crippen molar-refractivity contribution in [3.8, 4) is 22.3 Å². The van der Waals surface area contributed by atoms with Gasteiger partial charge in [-0.25, -0.2) is 0 Å². The Balaban J connectivity index is 1.22. The van der Waals surface area contributed by atoms with Crippen LogP contribution in [0.1, 0.15) is 0 Å². The number of hydrogen-bond donors (Lipinski definition) is 0. The van der Waals surface area contributed by atoms with E-state index >= 15 is 0 Å². The fourth-order valence-electron chi connectivity index (χ4n) is 6.85. The summed E-state index contributed by atoms with van der Waals surface area (Å²) in [7, 11) is 0. The lowest BCUT2D eigenvalue weighted by Gasteiger charge is -2.27. The number of rotatable bonds is 5. The molecule has 2 heteroatoms. The number of hydrogen-bond acceptors (Lipinski definition) is 2. The molecule has 0 aliphatic heterocycles. The van der Waals surface area contributed by atoms with Crippen molar-refractivity contribution in [2.24, 2.45) is 0 Å². The summed E-state index contributed by atoms with van der Waals surface area (Å²) in [4.78, 5) is 2.42. The maximum atomic E-state index is 2.42. The van der Waals surface area contributed by atoms with Crippen molar-refractivity contribution < 1.29 is 0 Å². The van der Waals surface area contributed by atoms with Crippen molar-refractivity contribution in [2.45, 2.75) is 0 Å². The Hall–Kier alpha value is -5.70. The van der Waals surface area contributed by atoms with Crippen LogP contribution in [0.2, 0.25) is 0 Å². The predicted octanol–water partition coefficient (Wildman–Crippen LogP) is 13.2. The highest BCUT2D eigenvalue weighted by Crippen LogP contribution is 2.43. The average Bonchev–Trinajstić information content (AvgIpc) is 3.50. The summed E-state index contributed by atoms with van der Waals surface area (Å²) >= 11 is 1.86. The first kappa shape index (κ1) is 26.7. The molecule has 9 aromatic rings. The quantitative estimate of drug-likeness (QED) is 0.189. The third kappa shape index (κ3) is 4.54. The molecule has 0 N–H and O–H groups in total. The zero-order valence-corrected chi connectivity index (χ0v) is 25.9. The Morgan fingerprint density at radius 1 is 0.348 bits per heavy atom. The molecule has 0 spiro atoms. The third-order valence-corrected chi connectivity index (χ3v) is 10.2. The lowest BCUT2D eigenvalue weighted by molar-refractivity contribution is 1.30. The molecule has 1 heterocycles. The highest BCUT2D eigenvalue weighted by atomic mass is 32.1. The Morgan fingerprint density at radius 2 is 0.935 bits per heavy atom. The van der Waals surface area contributed by atoms with Crippen LogP contribution in [0, 0.1) is 0 Å². The van der Waals surface area contributed by atoms with E-state index in [1.54, 1.807) is 0 Å². The van der Waals surface area contributed by atoms with E-state index in [2.05, 4.69) is 181 Å². The van der Waals surface area contributed by atoms with Crippen LogP contribution in [-0.2, 0) is 0 Å². The average molecular weight is 604 g/mol. The lowest BCUT2D eigenvalue weighted by atomic mass is 9.95. The van der Waals surface area contributed by atoms with E-state index in [4.69, 9.17) is 0 Å². The Kier molecular flexibility index (Phi) is 6.40. The Bertz CT molecular complexity index is 2550. The van der Waals surface area contributed by atoms with Crippen molar-refractivity contribution in [1.82, 2.24) is 0 Å². The molecule has 0 atom stereocenters. The topological polar surface area (TPSA) is 3.24 Å². The van der Waals surface area contributed by atoms with E-state index in [-0.39, 0.29) is 0 Å². The molecule has 46 heavy (non-hydrogen) atoms. The van der Waals surface area contributed by atoms with Crippen molar-refractivity contribution >= 4 is 70.1 Å². The summed E-state index contributed by atoms with van der Waals surface area (Å²) < 4.78 is 2.63. The van der Waals surface area contributed by atoms with Gasteiger partial charge >= 0.3 is 0 Å². The van der Waals surface area contributed by atoms with Gasteiger partial charge < -0.3 is 4.90 Å². The monoisotopic (exact) mass is 603 g/mol. The highest BCUT2D eigenvalue weighted by Gasteiger charge is 2.18. The maximum absolute atomic E-state index is 2.42. The fourth-order valence-corrected chi connectivity index (χ4v) is 7.94. The van der Waals surface area contributed by atoms with E-state index in [1.165, 1.54) is 69.7 Å². The third-order valence-electron chi connectivity index (χ3n) is 9.03. The van der Waals surface area contributed by atoms with Gasteiger partial charge in [-0.05, 0) is 86.9 Å². The molecular weight excluding hydrogens is 575 g/mol. The van der Waals surface area contributed by atoms with Gasteiger partial charge in [-0.15, -0.1) is 11.3 Å². The van der Waals surface area contributed by atoms with E-state index < -0.39 is 0 Å². The molecule has 1 aromatic heterocycles. The molecule has 1 nitrogen and oxygen atoms in total. The van der Waals surface area contributed by atoms with E-state index in [0.29, 0.717) is 0 Å². The highest BCUT2D eigenvalue weighted by molar-refractivity contribution is 7.25. The number of benzene rings is 8.